The molecule has 0 aliphatic carbocycles. The lowest BCUT2D eigenvalue weighted by Gasteiger charge is -2.40. The van der Waals surface area contributed by atoms with Crippen LogP contribution in [0.5, 0.6) is 0 Å². The molecule has 2 heterocycles. The second kappa shape index (κ2) is 6.92. The molecule has 116 valence electrons. The summed E-state index contributed by atoms with van der Waals surface area (Å²) in [5, 5.41) is 0. The van der Waals surface area contributed by atoms with Gasteiger partial charge < -0.3 is 4.74 Å². The van der Waals surface area contributed by atoms with Gasteiger partial charge in [0, 0.05) is 23.3 Å². The van der Waals surface area contributed by atoms with Crippen molar-refractivity contribution in [1.82, 2.24) is 5.43 Å². The Labute approximate surface area is 135 Å². The minimum absolute atomic E-state index is 0.113. The molecule has 2 saturated heterocycles. The molecular formula is C16H24N2OS2. The lowest BCUT2D eigenvalue weighted by Crippen LogP contribution is -2.45. The Morgan fingerprint density at radius 1 is 1.43 bits per heavy atom. The van der Waals surface area contributed by atoms with E-state index in [1.54, 1.807) is 11.8 Å². The van der Waals surface area contributed by atoms with E-state index in [0.29, 0.717) is 5.92 Å². The molecule has 3 unspecified atom stereocenters. The second-order valence-corrected chi connectivity index (χ2v) is 7.99. The van der Waals surface area contributed by atoms with Crippen LogP contribution in [0.3, 0.4) is 0 Å². The Balaban J connectivity index is 1.75. The van der Waals surface area contributed by atoms with Gasteiger partial charge in [-0.2, -0.15) is 11.8 Å². The van der Waals surface area contributed by atoms with E-state index in [9.17, 15) is 0 Å². The van der Waals surface area contributed by atoms with E-state index in [4.69, 9.17) is 10.6 Å². The summed E-state index contributed by atoms with van der Waals surface area (Å²) >= 11 is 3.80. The van der Waals surface area contributed by atoms with E-state index < -0.39 is 0 Å². The third-order valence-corrected chi connectivity index (χ3v) is 6.69. The second-order valence-electron chi connectivity index (χ2n) is 6.00. The maximum atomic E-state index is 6.13. The van der Waals surface area contributed by atoms with Gasteiger partial charge in [-0.1, -0.05) is 12.1 Å². The van der Waals surface area contributed by atoms with Crippen molar-refractivity contribution in [1.29, 1.82) is 0 Å². The largest absolute Gasteiger partial charge is 0.374 e. The highest BCUT2D eigenvalue weighted by Crippen LogP contribution is 2.43. The van der Waals surface area contributed by atoms with Crippen molar-refractivity contribution in [2.24, 2.45) is 11.8 Å². The Morgan fingerprint density at radius 3 is 2.86 bits per heavy atom. The van der Waals surface area contributed by atoms with Gasteiger partial charge in [0.15, 0.2) is 0 Å². The van der Waals surface area contributed by atoms with Crippen molar-refractivity contribution >= 4 is 23.5 Å². The fraction of sp³-hybridized carbons (Fsp3) is 0.625. The van der Waals surface area contributed by atoms with Gasteiger partial charge in [-0.05, 0) is 54.9 Å². The van der Waals surface area contributed by atoms with Crippen LogP contribution in [0.1, 0.15) is 30.9 Å². The predicted octanol–water partition coefficient (Wildman–Crippen LogP) is 3.22. The van der Waals surface area contributed by atoms with Crippen LogP contribution in [-0.2, 0) is 4.74 Å². The first kappa shape index (κ1) is 15.7. The average Bonchev–Trinajstić information content (AvgIpc) is 2.96. The van der Waals surface area contributed by atoms with E-state index in [2.05, 4.69) is 35.9 Å². The highest BCUT2D eigenvalue weighted by atomic mass is 32.2. The lowest BCUT2D eigenvalue weighted by molar-refractivity contribution is -0.0854. The van der Waals surface area contributed by atoms with E-state index >= 15 is 0 Å². The van der Waals surface area contributed by atoms with Crippen molar-refractivity contribution in [2.75, 3.05) is 24.4 Å². The van der Waals surface area contributed by atoms with Crippen molar-refractivity contribution in [3.8, 4) is 0 Å². The number of thioether (sulfide) groups is 2. The minimum Gasteiger partial charge on any atom is -0.374 e. The molecule has 1 spiro atoms. The molecule has 3 rings (SSSR count). The number of rotatable bonds is 4. The van der Waals surface area contributed by atoms with Crippen LogP contribution >= 0.6 is 23.5 Å². The van der Waals surface area contributed by atoms with Gasteiger partial charge in [0.1, 0.15) is 0 Å². The number of nitrogens with two attached hydrogens (primary N) is 1. The fourth-order valence-electron chi connectivity index (χ4n) is 3.53. The van der Waals surface area contributed by atoms with Gasteiger partial charge in [-0.25, -0.2) is 0 Å². The number of hydrazine groups is 1. The quantitative estimate of drug-likeness (QED) is 0.506. The Kier molecular flexibility index (Phi) is 5.17. The van der Waals surface area contributed by atoms with Crippen molar-refractivity contribution in [3.63, 3.8) is 0 Å². The molecule has 3 nitrogen and oxygen atoms in total. The maximum absolute atomic E-state index is 6.13. The lowest BCUT2D eigenvalue weighted by atomic mass is 9.79. The van der Waals surface area contributed by atoms with E-state index in [0.717, 1.165) is 25.2 Å². The predicted molar refractivity (Wildman–Crippen MR) is 91.6 cm³/mol. The third kappa shape index (κ3) is 3.42. The zero-order valence-electron chi connectivity index (χ0n) is 12.5. The molecule has 3 atom stereocenters. The minimum atomic E-state index is 0.113. The van der Waals surface area contributed by atoms with Gasteiger partial charge in [-0.3, -0.25) is 11.3 Å². The SMILES string of the molecule is CSc1ccc(C(NN)C2CCOC3(CCSC3)C2)cc1. The number of ether oxygens (including phenoxy) is 1. The van der Waals surface area contributed by atoms with Crippen LogP contribution in [0.2, 0.25) is 0 Å². The molecule has 0 radical (unpaired) electrons. The van der Waals surface area contributed by atoms with Crippen molar-refractivity contribution < 1.29 is 4.74 Å². The summed E-state index contributed by atoms with van der Waals surface area (Å²) in [6.45, 7) is 0.867. The average molecular weight is 325 g/mol. The van der Waals surface area contributed by atoms with Crippen LogP contribution in [0.4, 0.5) is 0 Å². The molecule has 2 fully saturated rings. The normalized spacial score (nSPS) is 30.7. The molecule has 0 aromatic heterocycles. The number of nitrogens with one attached hydrogen (secondary N) is 1. The molecule has 0 saturated carbocycles. The molecule has 0 amide bonds. The van der Waals surface area contributed by atoms with Crippen molar-refractivity contribution in [3.05, 3.63) is 29.8 Å². The van der Waals surface area contributed by atoms with Crippen LogP contribution < -0.4 is 11.3 Å². The van der Waals surface area contributed by atoms with Gasteiger partial charge in [0.05, 0.1) is 5.60 Å². The first-order valence-electron chi connectivity index (χ1n) is 7.58. The molecule has 2 aliphatic rings. The van der Waals surface area contributed by atoms with Gasteiger partial charge >= 0.3 is 0 Å². The van der Waals surface area contributed by atoms with Crippen LogP contribution in [0.15, 0.2) is 29.2 Å². The summed E-state index contributed by atoms with van der Waals surface area (Å²) < 4.78 is 6.13. The summed E-state index contributed by atoms with van der Waals surface area (Å²) in [5.41, 5.74) is 4.47. The van der Waals surface area contributed by atoms with Gasteiger partial charge in [0.2, 0.25) is 0 Å². The molecule has 2 aliphatic heterocycles. The number of hydrogen-bond acceptors (Lipinski definition) is 5. The topological polar surface area (TPSA) is 47.3 Å². The molecular weight excluding hydrogens is 300 g/mol. The molecule has 21 heavy (non-hydrogen) atoms. The highest BCUT2D eigenvalue weighted by molar-refractivity contribution is 7.99. The smallest absolute Gasteiger partial charge is 0.0783 e. The highest BCUT2D eigenvalue weighted by Gasteiger charge is 2.42. The maximum Gasteiger partial charge on any atom is 0.0783 e. The molecule has 1 aromatic rings. The first-order chi connectivity index (χ1) is 10.3. The third-order valence-electron chi connectivity index (χ3n) is 4.72. The zero-order valence-corrected chi connectivity index (χ0v) is 14.1. The number of benzene rings is 1. The molecule has 5 heteroatoms. The Bertz CT molecular complexity index is 460. The summed E-state index contributed by atoms with van der Waals surface area (Å²) in [6, 6.07) is 9.02. The zero-order chi connectivity index (χ0) is 14.7. The van der Waals surface area contributed by atoms with Crippen molar-refractivity contribution in [2.45, 2.75) is 35.8 Å². The van der Waals surface area contributed by atoms with Crippen LogP contribution in [0.25, 0.3) is 0 Å². The summed E-state index contributed by atoms with van der Waals surface area (Å²) in [7, 11) is 0. The van der Waals surface area contributed by atoms with E-state index in [1.807, 2.05) is 11.8 Å². The molecule has 1 aromatic carbocycles. The monoisotopic (exact) mass is 324 g/mol. The fourth-order valence-corrected chi connectivity index (χ4v) is 5.32. The molecule has 0 bridgehead atoms. The van der Waals surface area contributed by atoms with E-state index in [-0.39, 0.29) is 11.6 Å². The van der Waals surface area contributed by atoms with E-state index in [1.165, 1.54) is 22.6 Å². The number of hydrogen-bond donors (Lipinski definition) is 2. The summed E-state index contributed by atoms with van der Waals surface area (Å²) in [5.74, 6) is 8.83. The molecule has 3 N–H and O–H groups in total. The first-order valence-corrected chi connectivity index (χ1v) is 9.96. The Morgan fingerprint density at radius 2 is 2.24 bits per heavy atom. The van der Waals surface area contributed by atoms with Crippen LogP contribution in [0, 0.1) is 5.92 Å². The van der Waals surface area contributed by atoms with Gasteiger partial charge in [-0.15, -0.1) is 11.8 Å². The summed E-state index contributed by atoms with van der Waals surface area (Å²) in [4.78, 5) is 1.30. The summed E-state index contributed by atoms with van der Waals surface area (Å²) in [6.07, 6.45) is 5.51. The Hall–Kier alpha value is -0.200. The standard InChI is InChI=1S/C16H24N2OS2/c1-20-14-4-2-12(3-5-14)15(18-17)13-6-8-19-16(10-13)7-9-21-11-16/h2-5,13,15,18H,6-11,17H2,1H3. The van der Waals surface area contributed by atoms with Gasteiger partial charge in [0.25, 0.3) is 0 Å². The van der Waals surface area contributed by atoms with Crippen LogP contribution in [-0.4, -0.2) is 30.0 Å².